The van der Waals surface area contributed by atoms with Crippen LogP contribution in [0.1, 0.15) is 17.3 Å². The molecule has 1 rings (SSSR count). The van der Waals surface area contributed by atoms with Gasteiger partial charge in [0.2, 0.25) is 0 Å². The molecule has 0 spiro atoms. The third kappa shape index (κ3) is 3.39. The van der Waals surface area contributed by atoms with Gasteiger partial charge in [0, 0.05) is 20.8 Å². The molecule has 1 aromatic heterocycles. The van der Waals surface area contributed by atoms with Crippen LogP contribution in [0.2, 0.25) is 0 Å². The van der Waals surface area contributed by atoms with E-state index in [1.807, 2.05) is 11.4 Å². The molecule has 2 N–H and O–H groups in total. The Morgan fingerprint density at radius 2 is 2.33 bits per heavy atom. The van der Waals surface area contributed by atoms with Crippen molar-refractivity contribution in [3.63, 3.8) is 0 Å². The molecule has 0 radical (unpaired) electrons. The molecule has 12 heavy (non-hydrogen) atoms. The van der Waals surface area contributed by atoms with Crippen LogP contribution < -0.4 is 5.73 Å². The summed E-state index contributed by atoms with van der Waals surface area (Å²) in [5.74, 6) is 0. The maximum Gasteiger partial charge on any atom is 0.0912 e. The Labute approximate surface area is 89.7 Å². The first-order chi connectivity index (χ1) is 5.24. The van der Waals surface area contributed by atoms with Crippen molar-refractivity contribution in [2.75, 3.05) is 6.67 Å². The minimum absolute atomic E-state index is 0. The highest BCUT2D eigenvalue weighted by Gasteiger charge is 2.07. The van der Waals surface area contributed by atoms with Gasteiger partial charge in [0.05, 0.1) is 6.67 Å². The zero-order chi connectivity index (χ0) is 8.27. The molecule has 1 nitrogen and oxygen atoms in total. The Morgan fingerprint density at radius 3 is 2.75 bits per heavy atom. The van der Waals surface area contributed by atoms with E-state index in [2.05, 4.69) is 15.9 Å². The van der Waals surface area contributed by atoms with E-state index in [1.165, 1.54) is 0 Å². The quantitative estimate of drug-likeness (QED) is 0.899. The predicted octanol–water partition coefficient (Wildman–Crippen LogP) is 3.29. The van der Waals surface area contributed by atoms with Gasteiger partial charge in [-0.3, -0.25) is 4.39 Å². The molecule has 0 saturated heterocycles. The second-order valence-electron chi connectivity index (χ2n) is 2.25. The lowest BCUT2D eigenvalue weighted by Crippen LogP contribution is -2.08. The minimum atomic E-state index is -0.351. The third-order valence-electron chi connectivity index (χ3n) is 1.37. The van der Waals surface area contributed by atoms with Crippen molar-refractivity contribution in [1.82, 2.24) is 0 Å². The van der Waals surface area contributed by atoms with E-state index in [1.54, 1.807) is 11.3 Å². The van der Waals surface area contributed by atoms with Gasteiger partial charge in [-0.2, -0.15) is 0 Å². The first-order valence-electron chi connectivity index (χ1n) is 3.29. The van der Waals surface area contributed by atoms with E-state index in [4.69, 9.17) is 5.73 Å². The van der Waals surface area contributed by atoms with Crippen molar-refractivity contribution in [3.05, 3.63) is 20.8 Å². The van der Waals surface area contributed by atoms with Crippen LogP contribution in [0.4, 0.5) is 4.39 Å². The van der Waals surface area contributed by atoms with Gasteiger partial charge in [-0.1, -0.05) is 0 Å². The van der Waals surface area contributed by atoms with Crippen molar-refractivity contribution in [3.8, 4) is 0 Å². The van der Waals surface area contributed by atoms with E-state index < -0.39 is 0 Å². The topological polar surface area (TPSA) is 26.0 Å². The fourth-order valence-corrected chi connectivity index (χ4v) is 2.27. The third-order valence-corrected chi connectivity index (χ3v) is 3.20. The number of halogens is 3. The molecule has 1 aromatic rings. The van der Waals surface area contributed by atoms with Crippen molar-refractivity contribution in [2.45, 2.75) is 12.5 Å². The maximum absolute atomic E-state index is 11.8. The van der Waals surface area contributed by atoms with E-state index in [9.17, 15) is 4.39 Å². The lowest BCUT2D eigenvalue weighted by atomic mass is 10.2. The molecule has 0 aliphatic heterocycles. The molecule has 0 unspecified atom stereocenters. The van der Waals surface area contributed by atoms with Crippen LogP contribution in [0.15, 0.2) is 15.9 Å². The molecule has 0 aliphatic carbocycles. The molecular weight excluding hydrogens is 265 g/mol. The number of hydrogen-bond donors (Lipinski definition) is 1. The molecule has 0 aliphatic rings. The largest absolute Gasteiger partial charge is 0.323 e. The molecule has 1 heterocycles. The Balaban J connectivity index is 0.00000121. The fraction of sp³-hybridized carbons (Fsp3) is 0.429. The van der Waals surface area contributed by atoms with Gasteiger partial charge in [0.1, 0.15) is 0 Å². The maximum atomic E-state index is 11.8. The molecule has 70 valence electrons. The number of nitrogens with two attached hydrogens (primary N) is 1. The number of thiophene rings is 1. The molecule has 0 fully saturated rings. The molecule has 0 bridgehead atoms. The van der Waals surface area contributed by atoms with Crippen LogP contribution in [0.5, 0.6) is 0 Å². The molecule has 0 saturated carbocycles. The van der Waals surface area contributed by atoms with Gasteiger partial charge < -0.3 is 5.73 Å². The summed E-state index contributed by atoms with van der Waals surface area (Å²) in [5, 5.41) is 1.95. The Bertz CT molecular complexity index is 231. The Morgan fingerprint density at radius 1 is 1.67 bits per heavy atom. The normalized spacial score (nSPS) is 12.2. The van der Waals surface area contributed by atoms with Crippen LogP contribution in [-0.2, 0) is 0 Å². The van der Waals surface area contributed by atoms with Gasteiger partial charge in [-0.05, 0) is 28.4 Å². The standard InChI is InChI=1S/C7H9BrFNS.ClH/c8-5-3-7(11-4-5)6(10)1-2-9;/h3-4,6H,1-2,10H2;1H/t6-;/m0./s1. The summed E-state index contributed by atoms with van der Waals surface area (Å²) in [6, 6.07) is 1.79. The molecule has 5 heteroatoms. The average molecular weight is 275 g/mol. The van der Waals surface area contributed by atoms with Gasteiger partial charge >= 0.3 is 0 Å². The van der Waals surface area contributed by atoms with Gasteiger partial charge in [-0.25, -0.2) is 0 Å². The fourth-order valence-electron chi connectivity index (χ4n) is 0.783. The summed E-state index contributed by atoms with van der Waals surface area (Å²) >= 11 is 4.87. The van der Waals surface area contributed by atoms with Gasteiger partial charge in [0.15, 0.2) is 0 Å². The van der Waals surface area contributed by atoms with Crippen LogP contribution in [-0.4, -0.2) is 6.67 Å². The second-order valence-corrected chi connectivity index (χ2v) is 4.11. The van der Waals surface area contributed by atoms with Gasteiger partial charge in [0.25, 0.3) is 0 Å². The highest BCUT2D eigenvalue weighted by atomic mass is 79.9. The van der Waals surface area contributed by atoms with Crippen LogP contribution >= 0.6 is 39.7 Å². The molecule has 0 aromatic carbocycles. The zero-order valence-corrected chi connectivity index (χ0v) is 9.52. The monoisotopic (exact) mass is 273 g/mol. The number of alkyl halides is 1. The number of hydrogen-bond acceptors (Lipinski definition) is 2. The zero-order valence-electron chi connectivity index (χ0n) is 6.30. The molecule has 0 amide bonds. The Kier molecular flexibility index (Phi) is 6.09. The van der Waals surface area contributed by atoms with Gasteiger partial charge in [-0.15, -0.1) is 23.7 Å². The first-order valence-corrected chi connectivity index (χ1v) is 4.97. The van der Waals surface area contributed by atoms with Crippen molar-refractivity contribution in [2.24, 2.45) is 5.73 Å². The minimum Gasteiger partial charge on any atom is -0.323 e. The number of rotatable bonds is 3. The van der Waals surface area contributed by atoms with Crippen LogP contribution in [0.3, 0.4) is 0 Å². The van der Waals surface area contributed by atoms with E-state index >= 15 is 0 Å². The van der Waals surface area contributed by atoms with E-state index in [-0.39, 0.29) is 25.1 Å². The second kappa shape index (κ2) is 5.91. The van der Waals surface area contributed by atoms with Crippen LogP contribution in [0, 0.1) is 0 Å². The smallest absolute Gasteiger partial charge is 0.0912 e. The molecular formula is C7H10BrClFNS. The summed E-state index contributed by atoms with van der Waals surface area (Å²) in [4.78, 5) is 1.04. The predicted molar refractivity (Wildman–Crippen MR) is 56.8 cm³/mol. The van der Waals surface area contributed by atoms with Crippen molar-refractivity contribution < 1.29 is 4.39 Å². The van der Waals surface area contributed by atoms with E-state index in [0.717, 1.165) is 9.35 Å². The SMILES string of the molecule is Cl.N[C@@H](CCF)c1cc(Br)cs1. The van der Waals surface area contributed by atoms with Crippen molar-refractivity contribution in [1.29, 1.82) is 0 Å². The summed E-state index contributed by atoms with van der Waals surface area (Å²) in [6.45, 7) is -0.351. The summed E-state index contributed by atoms with van der Waals surface area (Å²) < 4.78 is 12.9. The Hall–Kier alpha value is 0.360. The average Bonchev–Trinajstić information content (AvgIpc) is 2.36. The summed E-state index contributed by atoms with van der Waals surface area (Å²) in [7, 11) is 0. The van der Waals surface area contributed by atoms with E-state index in [0.29, 0.717) is 6.42 Å². The van der Waals surface area contributed by atoms with Crippen molar-refractivity contribution >= 4 is 39.7 Å². The lowest BCUT2D eigenvalue weighted by Gasteiger charge is -2.04. The molecule has 1 atom stereocenters. The highest BCUT2D eigenvalue weighted by Crippen LogP contribution is 2.25. The van der Waals surface area contributed by atoms with Crippen LogP contribution in [0.25, 0.3) is 0 Å². The summed E-state index contributed by atoms with van der Waals surface area (Å²) in [5.41, 5.74) is 5.67. The highest BCUT2D eigenvalue weighted by molar-refractivity contribution is 9.10. The first kappa shape index (κ1) is 12.4. The lowest BCUT2D eigenvalue weighted by molar-refractivity contribution is 0.444. The summed E-state index contributed by atoms with van der Waals surface area (Å²) in [6.07, 6.45) is 0.410.